The Bertz CT molecular complexity index is 704. The molecule has 19 heavy (non-hydrogen) atoms. The van der Waals surface area contributed by atoms with Crippen LogP contribution in [0, 0.1) is 22.0 Å². The molecular weight excluding hydrogens is 254 g/mol. The Labute approximate surface area is 117 Å². The summed E-state index contributed by atoms with van der Waals surface area (Å²) in [4.78, 5) is 3.26. The van der Waals surface area contributed by atoms with E-state index < -0.39 is 0 Å². The van der Waals surface area contributed by atoms with Crippen LogP contribution in [0.2, 0.25) is 0 Å². The molecule has 1 aromatic heterocycles. The molecule has 1 N–H and O–H groups in total. The first-order valence-electron chi connectivity index (χ1n) is 6.85. The lowest BCUT2D eigenvalue weighted by molar-refractivity contribution is 0.260. The highest BCUT2D eigenvalue weighted by molar-refractivity contribution is 7.71. The number of nitriles is 1. The molecule has 3 rings (SSSR count). The number of fused-ring (bicyclic) bond motifs is 1. The Kier molecular flexibility index (Phi) is 3.16. The van der Waals surface area contributed by atoms with Crippen LogP contribution in [0.15, 0.2) is 18.2 Å². The van der Waals surface area contributed by atoms with Crippen molar-refractivity contribution in [3.63, 3.8) is 0 Å². The fraction of sp³-hybridized carbons (Fsp3) is 0.467. The molecule has 0 saturated heterocycles. The Morgan fingerprint density at radius 3 is 2.89 bits per heavy atom. The molecule has 4 heteroatoms. The Balaban J connectivity index is 2.19. The van der Waals surface area contributed by atoms with Crippen molar-refractivity contribution in [2.75, 3.05) is 0 Å². The topological polar surface area (TPSA) is 44.5 Å². The molecule has 1 heterocycles. The van der Waals surface area contributed by atoms with Crippen molar-refractivity contribution in [1.29, 1.82) is 5.26 Å². The number of benzene rings is 1. The third-order valence-electron chi connectivity index (χ3n) is 4.24. The lowest BCUT2D eigenvalue weighted by atomic mass is 9.85. The van der Waals surface area contributed by atoms with Crippen LogP contribution in [0.25, 0.3) is 11.0 Å². The molecule has 98 valence electrons. The van der Waals surface area contributed by atoms with Gasteiger partial charge in [-0.3, -0.25) is 0 Å². The van der Waals surface area contributed by atoms with Crippen LogP contribution in [0.1, 0.15) is 44.2 Å². The van der Waals surface area contributed by atoms with Crippen molar-refractivity contribution < 1.29 is 0 Å². The van der Waals surface area contributed by atoms with Gasteiger partial charge in [-0.2, -0.15) is 5.26 Å². The minimum absolute atomic E-state index is 0.462. The van der Waals surface area contributed by atoms with Gasteiger partial charge in [0, 0.05) is 6.04 Å². The van der Waals surface area contributed by atoms with Crippen molar-refractivity contribution in [3.05, 3.63) is 28.5 Å². The van der Waals surface area contributed by atoms with Gasteiger partial charge in [0.1, 0.15) is 0 Å². The fourth-order valence-corrected chi connectivity index (χ4v) is 3.54. The zero-order valence-corrected chi connectivity index (χ0v) is 11.8. The van der Waals surface area contributed by atoms with Gasteiger partial charge < -0.3 is 9.55 Å². The van der Waals surface area contributed by atoms with E-state index in [0.717, 1.165) is 15.8 Å². The number of imidazole rings is 1. The molecule has 1 aliphatic rings. The highest BCUT2D eigenvalue weighted by atomic mass is 32.1. The largest absolute Gasteiger partial charge is 0.331 e. The van der Waals surface area contributed by atoms with E-state index in [1.165, 1.54) is 25.7 Å². The van der Waals surface area contributed by atoms with Gasteiger partial charge in [-0.1, -0.05) is 19.8 Å². The van der Waals surface area contributed by atoms with Crippen molar-refractivity contribution in [1.82, 2.24) is 9.55 Å². The summed E-state index contributed by atoms with van der Waals surface area (Å²) in [6, 6.07) is 8.41. The van der Waals surface area contributed by atoms with Crippen LogP contribution in [0.5, 0.6) is 0 Å². The van der Waals surface area contributed by atoms with E-state index in [1.807, 2.05) is 18.2 Å². The smallest absolute Gasteiger partial charge is 0.178 e. The van der Waals surface area contributed by atoms with E-state index in [2.05, 4.69) is 22.5 Å². The Morgan fingerprint density at radius 2 is 2.16 bits per heavy atom. The number of hydrogen-bond acceptors (Lipinski definition) is 2. The van der Waals surface area contributed by atoms with E-state index in [-0.39, 0.29) is 0 Å². The van der Waals surface area contributed by atoms with Crippen LogP contribution < -0.4 is 0 Å². The first-order valence-corrected chi connectivity index (χ1v) is 7.26. The number of nitrogens with zero attached hydrogens (tertiary/aromatic N) is 2. The fourth-order valence-electron chi connectivity index (χ4n) is 3.20. The number of H-pyrrole nitrogens is 1. The summed E-state index contributed by atoms with van der Waals surface area (Å²) >= 11 is 5.49. The minimum atomic E-state index is 0.462. The van der Waals surface area contributed by atoms with Crippen molar-refractivity contribution >= 4 is 23.3 Å². The molecule has 1 aliphatic carbocycles. The third-order valence-corrected chi connectivity index (χ3v) is 4.54. The molecule has 3 nitrogen and oxygen atoms in total. The maximum Gasteiger partial charge on any atom is 0.178 e. The molecule has 0 spiro atoms. The highest BCUT2D eigenvalue weighted by Gasteiger charge is 2.24. The molecule has 2 unspecified atom stereocenters. The summed E-state index contributed by atoms with van der Waals surface area (Å²) in [5, 5.41) is 9.06. The van der Waals surface area contributed by atoms with E-state index in [0.29, 0.717) is 17.5 Å². The number of hydrogen-bond donors (Lipinski definition) is 1. The van der Waals surface area contributed by atoms with Crippen LogP contribution >= 0.6 is 12.2 Å². The summed E-state index contributed by atoms with van der Waals surface area (Å²) in [6.45, 7) is 2.30. The minimum Gasteiger partial charge on any atom is -0.331 e. The van der Waals surface area contributed by atoms with Gasteiger partial charge in [-0.05, 0) is 49.2 Å². The lowest BCUT2D eigenvalue weighted by Crippen LogP contribution is -2.21. The zero-order chi connectivity index (χ0) is 13.4. The van der Waals surface area contributed by atoms with Gasteiger partial charge in [0.2, 0.25) is 0 Å². The molecule has 1 aromatic carbocycles. The predicted octanol–water partition coefficient (Wildman–Crippen LogP) is 4.32. The SMILES string of the molecule is CC1CCCCC1n1c(=S)[nH]c2ccc(C#N)cc21. The standard InChI is InChI=1S/C15H17N3S/c1-10-4-2-3-5-13(10)18-14-8-11(9-16)6-7-12(14)17-15(18)19/h6-8,10,13H,2-5H2,1H3,(H,17,19). The normalized spacial score (nSPS) is 23.4. The maximum absolute atomic E-state index is 9.06. The summed E-state index contributed by atoms with van der Waals surface area (Å²) in [7, 11) is 0. The molecule has 2 aromatic rings. The van der Waals surface area contributed by atoms with E-state index in [4.69, 9.17) is 17.5 Å². The molecule has 0 aliphatic heterocycles. The number of nitrogens with one attached hydrogen (secondary N) is 1. The van der Waals surface area contributed by atoms with Crippen LogP contribution in [0.4, 0.5) is 0 Å². The summed E-state index contributed by atoms with van der Waals surface area (Å²) in [5.74, 6) is 0.644. The van der Waals surface area contributed by atoms with Crippen LogP contribution in [0.3, 0.4) is 0 Å². The lowest BCUT2D eigenvalue weighted by Gasteiger charge is -2.30. The number of aromatic amines is 1. The van der Waals surface area contributed by atoms with Crippen molar-refractivity contribution in [2.24, 2.45) is 5.92 Å². The molecule has 2 atom stereocenters. The summed E-state index contributed by atoms with van der Waals surface area (Å²) in [6.07, 6.45) is 5.02. The molecule has 0 radical (unpaired) electrons. The second kappa shape index (κ2) is 4.82. The predicted molar refractivity (Wildman–Crippen MR) is 78.5 cm³/mol. The third kappa shape index (κ3) is 2.08. The van der Waals surface area contributed by atoms with Gasteiger partial charge in [0.25, 0.3) is 0 Å². The van der Waals surface area contributed by atoms with Crippen molar-refractivity contribution in [3.8, 4) is 6.07 Å². The molecule has 0 bridgehead atoms. The Hall–Kier alpha value is -1.60. The van der Waals surface area contributed by atoms with Crippen molar-refractivity contribution in [2.45, 2.75) is 38.6 Å². The zero-order valence-electron chi connectivity index (χ0n) is 11.0. The van der Waals surface area contributed by atoms with E-state index >= 15 is 0 Å². The van der Waals surface area contributed by atoms with Crippen LogP contribution in [-0.4, -0.2) is 9.55 Å². The number of rotatable bonds is 1. The monoisotopic (exact) mass is 271 g/mol. The van der Waals surface area contributed by atoms with Gasteiger partial charge in [0.15, 0.2) is 4.77 Å². The average molecular weight is 271 g/mol. The van der Waals surface area contributed by atoms with Gasteiger partial charge >= 0.3 is 0 Å². The second-order valence-corrected chi connectivity index (χ2v) is 5.86. The van der Waals surface area contributed by atoms with E-state index in [9.17, 15) is 0 Å². The highest BCUT2D eigenvalue weighted by Crippen LogP contribution is 2.36. The van der Waals surface area contributed by atoms with Gasteiger partial charge in [-0.15, -0.1) is 0 Å². The Morgan fingerprint density at radius 1 is 1.37 bits per heavy atom. The van der Waals surface area contributed by atoms with Crippen LogP contribution in [-0.2, 0) is 0 Å². The van der Waals surface area contributed by atoms with Gasteiger partial charge in [-0.25, -0.2) is 0 Å². The summed E-state index contributed by atoms with van der Waals surface area (Å²) in [5.41, 5.74) is 2.79. The van der Waals surface area contributed by atoms with E-state index in [1.54, 1.807) is 0 Å². The molecule has 1 fully saturated rings. The first kappa shape index (κ1) is 12.4. The maximum atomic E-state index is 9.06. The quantitative estimate of drug-likeness (QED) is 0.785. The average Bonchev–Trinajstić information content (AvgIpc) is 2.74. The first-order chi connectivity index (χ1) is 9.20. The number of aromatic nitrogens is 2. The molecule has 0 amide bonds. The van der Waals surface area contributed by atoms with Gasteiger partial charge in [0.05, 0.1) is 22.7 Å². The molecule has 1 saturated carbocycles. The summed E-state index contributed by atoms with van der Waals surface area (Å²) < 4.78 is 3.01. The second-order valence-electron chi connectivity index (χ2n) is 5.47. The molecular formula is C15H17N3S.